The van der Waals surface area contributed by atoms with Gasteiger partial charge < -0.3 is 20.1 Å². The van der Waals surface area contributed by atoms with Crippen LogP contribution in [0.15, 0.2) is 12.1 Å². The third kappa shape index (κ3) is 3.60. The maximum Gasteiger partial charge on any atom is 0.318 e. The molecule has 0 bridgehead atoms. The van der Waals surface area contributed by atoms with Gasteiger partial charge in [-0.25, -0.2) is 4.39 Å². The molecule has 2 aromatic rings. The van der Waals surface area contributed by atoms with Crippen molar-refractivity contribution >= 4 is 11.5 Å². The highest BCUT2D eigenvalue weighted by Gasteiger charge is 2.50. The second-order valence-corrected chi connectivity index (χ2v) is 11.4. The van der Waals surface area contributed by atoms with E-state index in [0.717, 1.165) is 86.4 Å². The van der Waals surface area contributed by atoms with E-state index in [9.17, 15) is 9.65 Å². The van der Waals surface area contributed by atoms with Crippen molar-refractivity contribution in [3.63, 3.8) is 0 Å². The fourth-order valence-electron chi connectivity index (χ4n) is 7.34. The molecule has 4 aliphatic heterocycles. The van der Waals surface area contributed by atoms with Crippen LogP contribution in [0, 0.1) is 11.3 Å². The molecule has 1 aliphatic carbocycles. The first kappa shape index (κ1) is 23.2. The van der Waals surface area contributed by atoms with E-state index >= 15 is 0 Å². The van der Waals surface area contributed by atoms with E-state index in [1.165, 1.54) is 0 Å². The summed E-state index contributed by atoms with van der Waals surface area (Å²) < 4.78 is 27.3. The Bertz CT molecular complexity index is 1290. The number of nitrogens with two attached hydrogens (primary N) is 1. The number of anilines is 2. The van der Waals surface area contributed by atoms with Crippen LogP contribution in [-0.2, 0) is 29.8 Å². The summed E-state index contributed by atoms with van der Waals surface area (Å²) in [6.45, 7) is 4.13. The Hall–Kier alpha value is -2.96. The van der Waals surface area contributed by atoms with Gasteiger partial charge in [0.05, 0.1) is 23.4 Å². The number of nitrogen functional groups attached to an aromatic ring is 1. The zero-order chi connectivity index (χ0) is 25.2. The van der Waals surface area contributed by atoms with E-state index < -0.39 is 11.8 Å². The van der Waals surface area contributed by atoms with Gasteiger partial charge in [-0.3, -0.25) is 4.90 Å². The van der Waals surface area contributed by atoms with E-state index in [4.69, 9.17) is 25.2 Å². The number of alkyl halides is 1. The van der Waals surface area contributed by atoms with E-state index in [-0.39, 0.29) is 5.54 Å². The number of rotatable bonds is 4. The molecule has 1 aromatic heterocycles. The molecular weight excluding hydrogens is 471 g/mol. The Morgan fingerprint density at radius 2 is 2.08 bits per heavy atom. The first-order chi connectivity index (χ1) is 18.0. The molecule has 5 aliphatic rings. The first-order valence-corrected chi connectivity index (χ1v) is 13.6. The first-order valence-electron chi connectivity index (χ1n) is 13.6. The summed E-state index contributed by atoms with van der Waals surface area (Å²) in [4.78, 5) is 14.3. The van der Waals surface area contributed by atoms with E-state index in [1.54, 1.807) is 0 Å². The number of nitrogens with zero attached hydrogens (tertiary/aromatic N) is 5. The molecule has 3 fully saturated rings. The molecule has 1 spiro atoms. The predicted octanol–water partition coefficient (Wildman–Crippen LogP) is 3.40. The van der Waals surface area contributed by atoms with Crippen LogP contribution >= 0.6 is 0 Å². The van der Waals surface area contributed by atoms with Crippen molar-refractivity contribution in [1.29, 1.82) is 5.26 Å². The normalized spacial score (nSPS) is 30.4. The van der Waals surface area contributed by atoms with Gasteiger partial charge in [-0.05, 0) is 56.7 Å². The zero-order valence-corrected chi connectivity index (χ0v) is 21.1. The van der Waals surface area contributed by atoms with Gasteiger partial charge in [-0.1, -0.05) is 6.07 Å². The minimum Gasteiger partial charge on any atom is -0.461 e. The zero-order valence-electron chi connectivity index (χ0n) is 21.1. The van der Waals surface area contributed by atoms with Crippen molar-refractivity contribution < 1.29 is 13.9 Å². The highest BCUT2D eigenvalue weighted by Crippen LogP contribution is 2.48. The number of hydrogen-bond acceptors (Lipinski definition) is 8. The van der Waals surface area contributed by atoms with Gasteiger partial charge in [0.25, 0.3) is 0 Å². The van der Waals surface area contributed by atoms with Crippen LogP contribution in [0.2, 0.25) is 0 Å². The molecule has 5 heterocycles. The highest BCUT2D eigenvalue weighted by atomic mass is 19.1. The summed E-state index contributed by atoms with van der Waals surface area (Å²) in [6.07, 6.45) is 6.13. The second-order valence-electron chi connectivity index (χ2n) is 11.4. The summed E-state index contributed by atoms with van der Waals surface area (Å²) in [7, 11) is 0. The Morgan fingerprint density at radius 3 is 2.89 bits per heavy atom. The smallest absolute Gasteiger partial charge is 0.318 e. The summed E-state index contributed by atoms with van der Waals surface area (Å²) in [5.74, 6) is 0.890. The van der Waals surface area contributed by atoms with Crippen LogP contribution in [0.5, 0.6) is 6.01 Å². The minimum absolute atomic E-state index is 0.249. The summed E-state index contributed by atoms with van der Waals surface area (Å²) in [5.41, 5.74) is 10.4. The van der Waals surface area contributed by atoms with Crippen LogP contribution < -0.4 is 15.4 Å². The molecular formula is C28H33FN6O2. The van der Waals surface area contributed by atoms with Gasteiger partial charge in [-0.15, -0.1) is 0 Å². The van der Waals surface area contributed by atoms with E-state index in [2.05, 4.69) is 15.9 Å². The molecule has 3 unspecified atom stereocenters. The molecule has 9 heteroatoms. The Balaban J connectivity index is 1.25. The second kappa shape index (κ2) is 8.53. The molecule has 194 valence electrons. The van der Waals surface area contributed by atoms with Gasteiger partial charge in [0, 0.05) is 49.3 Å². The van der Waals surface area contributed by atoms with Crippen LogP contribution in [0.25, 0.3) is 0 Å². The largest absolute Gasteiger partial charge is 0.461 e. The van der Waals surface area contributed by atoms with Crippen LogP contribution in [0.1, 0.15) is 66.5 Å². The number of aryl methyl sites for hydroxylation is 1. The summed E-state index contributed by atoms with van der Waals surface area (Å²) >= 11 is 0. The number of aromatic nitrogens is 2. The lowest BCUT2D eigenvalue weighted by atomic mass is 9.72. The fourth-order valence-corrected chi connectivity index (χ4v) is 7.34. The van der Waals surface area contributed by atoms with Gasteiger partial charge >= 0.3 is 6.01 Å². The molecule has 0 saturated carbocycles. The summed E-state index contributed by atoms with van der Waals surface area (Å²) in [5, 5.41) is 9.98. The van der Waals surface area contributed by atoms with Crippen molar-refractivity contribution in [3.8, 4) is 12.1 Å². The predicted molar refractivity (Wildman–Crippen MR) is 136 cm³/mol. The molecule has 3 saturated heterocycles. The number of fused-ring (bicyclic) bond motifs is 4. The van der Waals surface area contributed by atoms with Crippen LogP contribution in [0.3, 0.4) is 0 Å². The monoisotopic (exact) mass is 504 g/mol. The maximum atomic E-state index is 14.3. The molecule has 1 aromatic carbocycles. The topological polar surface area (TPSA) is 101 Å². The number of ether oxygens (including phenoxy) is 2. The van der Waals surface area contributed by atoms with Crippen LogP contribution in [0.4, 0.5) is 15.9 Å². The lowest BCUT2D eigenvalue weighted by Gasteiger charge is -2.44. The molecule has 0 amide bonds. The molecule has 8 nitrogen and oxygen atoms in total. The Morgan fingerprint density at radius 1 is 1.19 bits per heavy atom. The maximum absolute atomic E-state index is 14.3. The SMILES string of the molecule is N#Cc1c(N)ccc2c1C1(CCC2)Cc2nc(OCC34CCCN3CC(F)C4)nc(N3CCC3)c2CO1. The average molecular weight is 505 g/mol. The van der Waals surface area contributed by atoms with Crippen molar-refractivity contribution in [2.45, 2.75) is 75.3 Å². The molecule has 3 atom stereocenters. The van der Waals surface area contributed by atoms with Gasteiger partial charge in [0.2, 0.25) is 0 Å². The third-order valence-corrected chi connectivity index (χ3v) is 9.30. The lowest BCUT2D eigenvalue weighted by molar-refractivity contribution is -0.0857. The molecule has 7 rings (SSSR count). The number of benzene rings is 1. The Labute approximate surface area is 216 Å². The van der Waals surface area contributed by atoms with Crippen LogP contribution in [-0.4, -0.2) is 59.4 Å². The van der Waals surface area contributed by atoms with Crippen molar-refractivity contribution in [2.24, 2.45) is 0 Å². The highest BCUT2D eigenvalue weighted by molar-refractivity contribution is 5.63. The van der Waals surface area contributed by atoms with E-state index in [1.807, 2.05) is 12.1 Å². The fraction of sp³-hybridized carbons (Fsp3) is 0.607. The average Bonchev–Trinajstić information content (AvgIpc) is 3.37. The molecule has 0 radical (unpaired) electrons. The summed E-state index contributed by atoms with van der Waals surface area (Å²) in [6, 6.07) is 6.59. The van der Waals surface area contributed by atoms with E-state index in [0.29, 0.717) is 49.9 Å². The number of halogens is 1. The number of nitriles is 1. The van der Waals surface area contributed by atoms with Crippen molar-refractivity contribution in [1.82, 2.24) is 14.9 Å². The number of hydrogen-bond donors (Lipinski definition) is 1. The quantitative estimate of drug-likeness (QED) is 0.633. The minimum atomic E-state index is -0.796. The third-order valence-electron chi connectivity index (χ3n) is 9.30. The van der Waals surface area contributed by atoms with Gasteiger partial charge in [0.15, 0.2) is 0 Å². The molecule has 2 N–H and O–H groups in total. The van der Waals surface area contributed by atoms with Crippen molar-refractivity contribution in [3.05, 3.63) is 40.1 Å². The lowest BCUT2D eigenvalue weighted by Crippen LogP contribution is -2.44. The standard InChI is InChI=1S/C28H33FN6O2/c29-19-12-27(7-2-11-35(27)15-19)17-36-26-32-23-13-28(37-16-21(23)25(33-26)34-9-3-10-34)8-1-4-18-5-6-22(31)20(14-30)24(18)28/h5-6,19H,1-4,7-13,15-17,31H2. The van der Waals surface area contributed by atoms with Crippen molar-refractivity contribution in [2.75, 3.05) is 43.4 Å². The van der Waals surface area contributed by atoms with Gasteiger partial charge in [-0.2, -0.15) is 15.2 Å². The molecule has 37 heavy (non-hydrogen) atoms. The van der Waals surface area contributed by atoms with Gasteiger partial charge in [0.1, 0.15) is 30.3 Å². The Kier molecular flexibility index (Phi) is 5.35.